The van der Waals surface area contributed by atoms with Crippen LogP contribution in [0.4, 0.5) is 4.79 Å². The molecule has 1 aliphatic carbocycles. The monoisotopic (exact) mass is 255 g/mol. The van der Waals surface area contributed by atoms with E-state index in [9.17, 15) is 14.7 Å². The predicted octanol–water partition coefficient (Wildman–Crippen LogP) is 2.11. The molecule has 3 atom stereocenters. The van der Waals surface area contributed by atoms with Gasteiger partial charge in [0.1, 0.15) is 11.6 Å². The summed E-state index contributed by atoms with van der Waals surface area (Å²) in [7, 11) is 0. The van der Waals surface area contributed by atoms with Gasteiger partial charge in [0.05, 0.1) is 0 Å². The van der Waals surface area contributed by atoms with Crippen molar-refractivity contribution in [2.45, 2.75) is 51.7 Å². The summed E-state index contributed by atoms with van der Waals surface area (Å²) in [5, 5.41) is 9.33. The molecule has 18 heavy (non-hydrogen) atoms. The van der Waals surface area contributed by atoms with Crippen LogP contribution in [0.3, 0.4) is 0 Å². The summed E-state index contributed by atoms with van der Waals surface area (Å²) in [4.78, 5) is 24.8. The number of nitrogens with zero attached hydrogens (tertiary/aromatic N) is 1. The highest BCUT2D eigenvalue weighted by molar-refractivity contribution is 5.81. The van der Waals surface area contributed by atoms with Crippen LogP contribution in [0.2, 0.25) is 0 Å². The largest absolute Gasteiger partial charge is 0.480 e. The number of amides is 1. The second-order valence-corrected chi connectivity index (χ2v) is 6.27. The highest BCUT2D eigenvalue weighted by Gasteiger charge is 2.50. The van der Waals surface area contributed by atoms with E-state index in [1.165, 1.54) is 4.90 Å². The molecule has 1 heterocycles. The van der Waals surface area contributed by atoms with Gasteiger partial charge in [-0.15, -0.1) is 0 Å². The van der Waals surface area contributed by atoms with E-state index in [1.54, 1.807) is 20.8 Å². The van der Waals surface area contributed by atoms with Gasteiger partial charge >= 0.3 is 12.1 Å². The van der Waals surface area contributed by atoms with Crippen molar-refractivity contribution in [1.29, 1.82) is 0 Å². The maximum atomic E-state index is 12.0. The highest BCUT2D eigenvalue weighted by Crippen LogP contribution is 2.42. The van der Waals surface area contributed by atoms with Gasteiger partial charge in [-0.05, 0) is 45.4 Å². The topological polar surface area (TPSA) is 66.8 Å². The van der Waals surface area contributed by atoms with E-state index in [-0.39, 0.29) is 5.92 Å². The number of fused-ring (bicyclic) bond motifs is 1. The molecule has 1 aliphatic heterocycles. The fourth-order valence-electron chi connectivity index (χ4n) is 3.13. The van der Waals surface area contributed by atoms with Gasteiger partial charge in [0.2, 0.25) is 0 Å². The average molecular weight is 255 g/mol. The number of carboxylic acids is 1. The summed E-state index contributed by atoms with van der Waals surface area (Å²) in [5.41, 5.74) is -0.585. The van der Waals surface area contributed by atoms with Crippen molar-refractivity contribution in [2.24, 2.45) is 11.8 Å². The molecule has 2 fully saturated rings. The maximum Gasteiger partial charge on any atom is 0.411 e. The maximum absolute atomic E-state index is 12.0. The van der Waals surface area contributed by atoms with Crippen LogP contribution >= 0.6 is 0 Å². The molecule has 2 aliphatic rings. The minimum absolute atomic E-state index is 0.106. The Labute approximate surface area is 107 Å². The number of likely N-dealkylation sites (tertiary alicyclic amines) is 1. The zero-order valence-electron chi connectivity index (χ0n) is 11.2. The predicted molar refractivity (Wildman–Crippen MR) is 65.2 cm³/mol. The molecule has 1 N–H and O–H groups in total. The summed E-state index contributed by atoms with van der Waals surface area (Å²) in [6.45, 7) is 5.89. The Hall–Kier alpha value is -1.26. The minimum Gasteiger partial charge on any atom is -0.480 e. The van der Waals surface area contributed by atoms with Gasteiger partial charge in [-0.3, -0.25) is 4.90 Å². The summed E-state index contributed by atoms with van der Waals surface area (Å²) in [6, 6.07) is -0.702. The third kappa shape index (κ3) is 2.44. The second kappa shape index (κ2) is 4.44. The fourth-order valence-corrected chi connectivity index (χ4v) is 3.13. The first-order chi connectivity index (χ1) is 8.29. The van der Waals surface area contributed by atoms with E-state index in [1.807, 2.05) is 0 Å². The fraction of sp³-hybridized carbons (Fsp3) is 0.846. The quantitative estimate of drug-likeness (QED) is 0.779. The molecule has 1 saturated carbocycles. The first-order valence-corrected chi connectivity index (χ1v) is 6.52. The summed E-state index contributed by atoms with van der Waals surface area (Å²) in [5.74, 6) is -0.469. The van der Waals surface area contributed by atoms with Gasteiger partial charge in [0, 0.05) is 6.54 Å². The molecule has 1 saturated heterocycles. The molecule has 0 aromatic rings. The van der Waals surface area contributed by atoms with Crippen molar-refractivity contribution in [3.8, 4) is 0 Å². The van der Waals surface area contributed by atoms with Crippen LogP contribution in [0.15, 0.2) is 0 Å². The lowest BCUT2D eigenvalue weighted by Gasteiger charge is -2.28. The van der Waals surface area contributed by atoms with E-state index in [0.29, 0.717) is 12.5 Å². The van der Waals surface area contributed by atoms with Crippen LogP contribution in [-0.4, -0.2) is 40.3 Å². The van der Waals surface area contributed by atoms with Crippen LogP contribution in [0.1, 0.15) is 40.0 Å². The number of rotatable bonds is 1. The van der Waals surface area contributed by atoms with Crippen LogP contribution in [-0.2, 0) is 9.53 Å². The van der Waals surface area contributed by atoms with Crippen molar-refractivity contribution in [1.82, 2.24) is 4.90 Å². The molecule has 0 bridgehead atoms. The standard InChI is InChI=1S/C13H21NO4/c1-13(2,3)18-12(17)14-7-8-5-4-6-9(8)10(14)11(15)16/h8-10H,4-7H2,1-3H3,(H,15,16). The molecule has 5 nitrogen and oxygen atoms in total. The lowest BCUT2D eigenvalue weighted by Crippen LogP contribution is -2.45. The highest BCUT2D eigenvalue weighted by atomic mass is 16.6. The Morgan fingerprint density at radius 3 is 2.50 bits per heavy atom. The van der Waals surface area contributed by atoms with Crippen molar-refractivity contribution in [2.75, 3.05) is 6.54 Å². The van der Waals surface area contributed by atoms with Gasteiger partial charge in [0.15, 0.2) is 0 Å². The smallest absolute Gasteiger partial charge is 0.411 e. The Kier molecular flexibility index (Phi) is 3.25. The van der Waals surface area contributed by atoms with Crippen molar-refractivity contribution >= 4 is 12.1 Å². The number of carboxylic acid groups (broad SMARTS) is 1. The third-order valence-electron chi connectivity index (χ3n) is 3.77. The first-order valence-electron chi connectivity index (χ1n) is 6.52. The van der Waals surface area contributed by atoms with Gasteiger partial charge in [-0.1, -0.05) is 6.42 Å². The molecular formula is C13H21NO4. The lowest BCUT2D eigenvalue weighted by molar-refractivity contribution is -0.143. The zero-order valence-corrected chi connectivity index (χ0v) is 11.2. The molecule has 0 radical (unpaired) electrons. The SMILES string of the molecule is CC(C)(C)OC(=O)N1CC2CCCC2C1C(=O)O. The van der Waals surface area contributed by atoms with Crippen LogP contribution in [0, 0.1) is 11.8 Å². The number of aliphatic carboxylic acids is 1. The average Bonchev–Trinajstić information content (AvgIpc) is 2.70. The van der Waals surface area contributed by atoms with Crippen molar-refractivity contribution in [3.63, 3.8) is 0 Å². The summed E-state index contributed by atoms with van der Waals surface area (Å²) < 4.78 is 5.29. The molecule has 2 rings (SSSR count). The van der Waals surface area contributed by atoms with Crippen molar-refractivity contribution in [3.05, 3.63) is 0 Å². The first kappa shape index (κ1) is 13.2. The molecular weight excluding hydrogens is 234 g/mol. The second-order valence-electron chi connectivity index (χ2n) is 6.27. The Bertz CT molecular complexity index is 360. The van der Waals surface area contributed by atoms with Crippen LogP contribution in [0.25, 0.3) is 0 Å². The Balaban J connectivity index is 2.12. The van der Waals surface area contributed by atoms with Gasteiger partial charge in [-0.25, -0.2) is 9.59 Å². The van der Waals surface area contributed by atoms with Gasteiger partial charge in [0.25, 0.3) is 0 Å². The number of ether oxygens (including phenoxy) is 1. The summed E-state index contributed by atoms with van der Waals surface area (Å²) >= 11 is 0. The normalized spacial score (nSPS) is 31.3. The zero-order chi connectivity index (χ0) is 13.5. The number of carbonyl (C=O) groups is 2. The molecule has 1 amide bonds. The molecule has 102 valence electrons. The molecule has 5 heteroatoms. The number of hydrogen-bond donors (Lipinski definition) is 1. The summed E-state index contributed by atoms with van der Waals surface area (Å²) in [6.07, 6.45) is 2.50. The Morgan fingerprint density at radius 2 is 1.94 bits per heavy atom. The van der Waals surface area contributed by atoms with E-state index in [0.717, 1.165) is 19.3 Å². The van der Waals surface area contributed by atoms with Crippen LogP contribution < -0.4 is 0 Å². The number of carbonyl (C=O) groups excluding carboxylic acids is 1. The minimum atomic E-state index is -0.907. The van der Waals surface area contributed by atoms with E-state index in [4.69, 9.17) is 4.74 Å². The molecule has 0 aromatic heterocycles. The molecule has 0 aromatic carbocycles. The van der Waals surface area contributed by atoms with E-state index in [2.05, 4.69) is 0 Å². The van der Waals surface area contributed by atoms with E-state index < -0.39 is 23.7 Å². The molecule has 3 unspecified atom stereocenters. The van der Waals surface area contributed by atoms with Gasteiger partial charge in [-0.2, -0.15) is 0 Å². The van der Waals surface area contributed by atoms with Crippen LogP contribution in [0.5, 0.6) is 0 Å². The lowest BCUT2D eigenvalue weighted by atomic mass is 9.94. The third-order valence-corrected chi connectivity index (χ3v) is 3.77. The Morgan fingerprint density at radius 1 is 1.28 bits per heavy atom. The molecule has 0 spiro atoms. The van der Waals surface area contributed by atoms with Crippen molar-refractivity contribution < 1.29 is 19.4 Å². The van der Waals surface area contributed by atoms with E-state index >= 15 is 0 Å². The number of hydrogen-bond acceptors (Lipinski definition) is 3. The van der Waals surface area contributed by atoms with Gasteiger partial charge < -0.3 is 9.84 Å².